The van der Waals surface area contributed by atoms with Gasteiger partial charge in [0.25, 0.3) is 5.91 Å². The molecule has 2 aliphatic rings. The van der Waals surface area contributed by atoms with Crippen LogP contribution in [0.5, 0.6) is 11.5 Å². The topological polar surface area (TPSA) is 118 Å². The third-order valence-corrected chi connectivity index (χ3v) is 6.06. The lowest BCUT2D eigenvalue weighted by atomic mass is 10.1. The van der Waals surface area contributed by atoms with Crippen LogP contribution in [0.15, 0.2) is 80.9 Å². The fraction of sp³-hybridized carbons (Fsp3) is 0.0800. The number of fused-ring (bicyclic) bond motifs is 1. The smallest absolute Gasteiger partial charge is 0.343 e. The molecule has 5 rings (SSSR count). The molecule has 0 saturated carbocycles. The molecule has 0 atom stereocenters. The van der Waals surface area contributed by atoms with Crippen molar-refractivity contribution in [2.75, 3.05) is 7.11 Å². The quantitative estimate of drug-likeness (QED) is 0.321. The first-order chi connectivity index (χ1) is 16.9. The molecule has 3 heterocycles. The number of nitrogens with zero attached hydrogens (tertiary/aromatic N) is 3. The van der Waals surface area contributed by atoms with E-state index in [9.17, 15) is 9.59 Å². The van der Waals surface area contributed by atoms with Gasteiger partial charge < -0.3 is 13.9 Å². The highest BCUT2D eigenvalue weighted by molar-refractivity contribution is 8.27. The average Bonchev–Trinajstić information content (AvgIpc) is 3.53. The number of rotatable bonds is 5. The Morgan fingerprint density at radius 3 is 2.74 bits per heavy atom. The number of hydrogen-bond donors (Lipinski definition) is 1. The van der Waals surface area contributed by atoms with Gasteiger partial charge in [0.2, 0.25) is 5.17 Å². The largest absolute Gasteiger partial charge is 0.493 e. The van der Waals surface area contributed by atoms with Crippen LogP contribution in [0, 0.1) is 12.3 Å². The summed E-state index contributed by atoms with van der Waals surface area (Å²) in [5, 5.41) is 15.0. The monoisotopic (exact) mass is 486 g/mol. The van der Waals surface area contributed by atoms with Crippen LogP contribution < -0.4 is 9.47 Å². The van der Waals surface area contributed by atoms with Crippen LogP contribution in [-0.2, 0) is 4.79 Å². The molecule has 10 heteroatoms. The van der Waals surface area contributed by atoms with E-state index < -0.39 is 11.9 Å². The number of thioether (sulfide) groups is 1. The van der Waals surface area contributed by atoms with Crippen molar-refractivity contribution in [3.63, 3.8) is 0 Å². The Morgan fingerprint density at radius 2 is 2.00 bits per heavy atom. The number of esters is 1. The van der Waals surface area contributed by atoms with Crippen LogP contribution in [0.25, 0.3) is 6.08 Å². The number of benzene rings is 2. The van der Waals surface area contributed by atoms with E-state index in [4.69, 9.17) is 19.3 Å². The van der Waals surface area contributed by atoms with Gasteiger partial charge in [-0.15, -0.1) is 0 Å². The van der Waals surface area contributed by atoms with Gasteiger partial charge in [-0.1, -0.05) is 23.8 Å². The SMILES string of the molecule is COc1cc(C=C2C(=N)N3N=C(c4ccco4)SC3=NC2=O)ccc1OC(=O)c1cccc(C)c1. The molecule has 0 fully saturated rings. The van der Waals surface area contributed by atoms with Crippen LogP contribution in [0.1, 0.15) is 27.2 Å². The lowest BCUT2D eigenvalue weighted by Crippen LogP contribution is -2.35. The number of hydrogen-bond acceptors (Lipinski definition) is 8. The van der Waals surface area contributed by atoms with Crippen molar-refractivity contribution in [2.45, 2.75) is 6.92 Å². The first-order valence-corrected chi connectivity index (χ1v) is 11.3. The van der Waals surface area contributed by atoms with Crippen LogP contribution in [0.3, 0.4) is 0 Å². The Labute approximate surface area is 204 Å². The average molecular weight is 487 g/mol. The van der Waals surface area contributed by atoms with Crippen LogP contribution in [0.2, 0.25) is 0 Å². The number of methoxy groups -OCH3 is 1. The summed E-state index contributed by atoms with van der Waals surface area (Å²) >= 11 is 1.16. The van der Waals surface area contributed by atoms with Gasteiger partial charge in [-0.2, -0.15) is 15.1 Å². The van der Waals surface area contributed by atoms with Gasteiger partial charge in [0.05, 0.1) is 24.5 Å². The van der Waals surface area contributed by atoms with Gasteiger partial charge in [-0.3, -0.25) is 10.2 Å². The minimum atomic E-state index is -0.557. The van der Waals surface area contributed by atoms with Crippen molar-refractivity contribution in [2.24, 2.45) is 10.1 Å². The summed E-state index contributed by atoms with van der Waals surface area (Å²) in [5.41, 5.74) is 1.98. The number of aliphatic imine (C=N–C) groups is 1. The van der Waals surface area contributed by atoms with E-state index in [1.165, 1.54) is 24.5 Å². The number of amides is 1. The van der Waals surface area contributed by atoms with E-state index in [1.54, 1.807) is 48.5 Å². The zero-order chi connectivity index (χ0) is 24.5. The highest BCUT2D eigenvalue weighted by atomic mass is 32.2. The van der Waals surface area contributed by atoms with E-state index in [0.717, 1.165) is 17.3 Å². The minimum Gasteiger partial charge on any atom is -0.493 e. The van der Waals surface area contributed by atoms with Crippen molar-refractivity contribution in [3.8, 4) is 11.5 Å². The lowest BCUT2D eigenvalue weighted by molar-refractivity contribution is -0.114. The molecule has 0 aliphatic carbocycles. The van der Waals surface area contributed by atoms with Crippen LogP contribution in [-0.4, -0.2) is 40.0 Å². The molecule has 174 valence electrons. The molecular weight excluding hydrogens is 468 g/mol. The summed E-state index contributed by atoms with van der Waals surface area (Å²) < 4.78 is 16.3. The van der Waals surface area contributed by atoms with Gasteiger partial charge in [-0.25, -0.2) is 4.79 Å². The summed E-state index contributed by atoms with van der Waals surface area (Å²) in [6.45, 7) is 1.89. The van der Waals surface area contributed by atoms with Crippen molar-refractivity contribution >= 4 is 45.8 Å². The minimum absolute atomic E-state index is 0.0605. The maximum Gasteiger partial charge on any atom is 0.343 e. The maximum absolute atomic E-state index is 12.7. The number of furan rings is 1. The number of nitrogens with one attached hydrogen (secondary N) is 1. The first-order valence-electron chi connectivity index (χ1n) is 10.4. The molecule has 1 N–H and O–H groups in total. The number of hydrazone groups is 1. The van der Waals surface area contributed by atoms with Crippen molar-refractivity contribution in [3.05, 3.63) is 88.9 Å². The van der Waals surface area contributed by atoms with Crippen LogP contribution >= 0.6 is 11.8 Å². The van der Waals surface area contributed by atoms with E-state index in [-0.39, 0.29) is 17.2 Å². The fourth-order valence-electron chi connectivity index (χ4n) is 3.45. The summed E-state index contributed by atoms with van der Waals surface area (Å²) in [5.74, 6) is -0.120. The van der Waals surface area contributed by atoms with E-state index in [0.29, 0.717) is 32.8 Å². The second kappa shape index (κ2) is 9.07. The van der Waals surface area contributed by atoms with E-state index in [1.807, 2.05) is 13.0 Å². The molecule has 35 heavy (non-hydrogen) atoms. The molecule has 9 nitrogen and oxygen atoms in total. The lowest BCUT2D eigenvalue weighted by Gasteiger charge is -2.20. The van der Waals surface area contributed by atoms with Crippen molar-refractivity contribution < 1.29 is 23.5 Å². The molecule has 2 aliphatic heterocycles. The summed E-state index contributed by atoms with van der Waals surface area (Å²) in [4.78, 5) is 29.3. The Hall–Kier alpha value is -4.44. The summed E-state index contributed by atoms with van der Waals surface area (Å²) in [6, 6.07) is 15.4. The molecule has 1 aromatic heterocycles. The van der Waals surface area contributed by atoms with Gasteiger partial charge in [-0.05, 0) is 66.7 Å². The molecule has 2 aromatic carbocycles. The Bertz CT molecular complexity index is 1460. The summed E-state index contributed by atoms with van der Waals surface area (Å²) in [7, 11) is 1.45. The zero-order valence-corrected chi connectivity index (χ0v) is 19.5. The number of aryl methyl sites for hydroxylation is 1. The van der Waals surface area contributed by atoms with Gasteiger partial charge in [0, 0.05) is 0 Å². The molecule has 1 amide bonds. The summed E-state index contributed by atoms with van der Waals surface area (Å²) in [6.07, 6.45) is 3.04. The second-order valence-electron chi connectivity index (χ2n) is 7.57. The number of amidine groups is 2. The number of carbonyl (C=O) groups excluding carboxylic acids is 2. The van der Waals surface area contributed by atoms with Gasteiger partial charge >= 0.3 is 5.97 Å². The molecule has 0 radical (unpaired) electrons. The zero-order valence-electron chi connectivity index (χ0n) is 18.6. The highest BCUT2D eigenvalue weighted by Gasteiger charge is 2.36. The highest BCUT2D eigenvalue weighted by Crippen LogP contribution is 2.33. The molecule has 0 unspecified atom stereocenters. The third kappa shape index (κ3) is 4.38. The molecule has 0 saturated heterocycles. The normalized spacial score (nSPS) is 16.2. The second-order valence-corrected chi connectivity index (χ2v) is 8.53. The molecular formula is C25H18N4O5S. The molecule has 0 spiro atoms. The predicted molar refractivity (Wildman–Crippen MR) is 132 cm³/mol. The van der Waals surface area contributed by atoms with E-state index in [2.05, 4.69) is 10.1 Å². The Morgan fingerprint density at radius 1 is 1.14 bits per heavy atom. The van der Waals surface area contributed by atoms with Crippen molar-refractivity contribution in [1.29, 1.82) is 5.41 Å². The van der Waals surface area contributed by atoms with Gasteiger partial charge in [0.15, 0.2) is 28.1 Å². The standard InChI is InChI=1S/C25H18N4O5S/c1-14-5-3-6-16(11-14)24(31)34-18-9-8-15(13-20(18)32-2)12-17-21(26)29-25(27-22(17)30)35-23(28-29)19-7-4-10-33-19/h3-13,26H,1-2H3. The van der Waals surface area contributed by atoms with Crippen molar-refractivity contribution in [1.82, 2.24) is 5.01 Å². The Balaban J connectivity index is 1.40. The molecule has 0 bridgehead atoms. The maximum atomic E-state index is 12.7. The molecule has 3 aromatic rings. The van der Waals surface area contributed by atoms with Gasteiger partial charge in [0.1, 0.15) is 0 Å². The first kappa shape index (κ1) is 22.4. The fourth-order valence-corrected chi connectivity index (χ4v) is 4.31. The van der Waals surface area contributed by atoms with E-state index >= 15 is 0 Å². The third-order valence-electron chi connectivity index (χ3n) is 5.14. The number of carbonyl (C=O) groups is 2. The van der Waals surface area contributed by atoms with Crippen LogP contribution in [0.4, 0.5) is 0 Å². The Kier molecular flexibility index (Phi) is 5.79. The predicted octanol–water partition coefficient (Wildman–Crippen LogP) is 4.48. The number of ether oxygens (including phenoxy) is 2.